The SMILES string of the molecule is COc1cc(-c2nc(N)nc(N)c2C#N)ccc1OC(C)C. The molecule has 0 fully saturated rings. The summed E-state index contributed by atoms with van der Waals surface area (Å²) in [6.07, 6.45) is 0.0137. The van der Waals surface area contributed by atoms with E-state index in [1.807, 2.05) is 19.9 Å². The van der Waals surface area contributed by atoms with Crippen LogP contribution in [-0.4, -0.2) is 23.2 Å². The van der Waals surface area contributed by atoms with Gasteiger partial charge in [-0.05, 0) is 32.0 Å². The Kier molecular flexibility index (Phi) is 4.32. The second-order valence-electron chi connectivity index (χ2n) is 4.83. The van der Waals surface area contributed by atoms with Crippen molar-refractivity contribution in [2.75, 3.05) is 18.6 Å². The molecule has 0 aliphatic carbocycles. The van der Waals surface area contributed by atoms with Crippen LogP contribution in [0.4, 0.5) is 11.8 Å². The molecule has 0 unspecified atom stereocenters. The van der Waals surface area contributed by atoms with Crippen molar-refractivity contribution >= 4 is 11.8 Å². The van der Waals surface area contributed by atoms with Crippen LogP contribution in [0.25, 0.3) is 11.3 Å². The maximum Gasteiger partial charge on any atom is 0.222 e. The van der Waals surface area contributed by atoms with Gasteiger partial charge >= 0.3 is 0 Å². The number of methoxy groups -OCH3 is 1. The van der Waals surface area contributed by atoms with Gasteiger partial charge in [-0.25, -0.2) is 4.98 Å². The van der Waals surface area contributed by atoms with Crippen molar-refractivity contribution in [1.82, 2.24) is 9.97 Å². The molecule has 7 heteroatoms. The van der Waals surface area contributed by atoms with Crippen LogP contribution in [0.3, 0.4) is 0 Å². The Morgan fingerprint density at radius 2 is 1.91 bits per heavy atom. The van der Waals surface area contributed by atoms with Gasteiger partial charge in [-0.2, -0.15) is 10.2 Å². The molecule has 1 aromatic heterocycles. The van der Waals surface area contributed by atoms with Gasteiger partial charge in [0.15, 0.2) is 11.5 Å². The number of nitriles is 1. The Bertz CT molecular complexity index is 737. The van der Waals surface area contributed by atoms with Crippen molar-refractivity contribution in [3.63, 3.8) is 0 Å². The largest absolute Gasteiger partial charge is 0.493 e. The third-order valence-corrected chi connectivity index (χ3v) is 2.87. The third-order valence-electron chi connectivity index (χ3n) is 2.87. The minimum atomic E-state index is 0.00738. The highest BCUT2D eigenvalue weighted by Gasteiger charge is 2.16. The van der Waals surface area contributed by atoms with Crippen molar-refractivity contribution in [2.24, 2.45) is 0 Å². The van der Waals surface area contributed by atoms with Crippen LogP contribution in [0.15, 0.2) is 18.2 Å². The number of benzene rings is 1. The fourth-order valence-electron chi connectivity index (χ4n) is 1.98. The van der Waals surface area contributed by atoms with E-state index in [4.69, 9.17) is 20.9 Å². The summed E-state index contributed by atoms with van der Waals surface area (Å²) in [4.78, 5) is 7.90. The summed E-state index contributed by atoms with van der Waals surface area (Å²) in [5, 5.41) is 9.24. The first kappa shape index (κ1) is 15.4. The van der Waals surface area contributed by atoms with E-state index in [-0.39, 0.29) is 23.4 Å². The number of hydrogen-bond donors (Lipinski definition) is 2. The molecule has 1 aromatic carbocycles. The van der Waals surface area contributed by atoms with Crippen molar-refractivity contribution in [3.05, 3.63) is 23.8 Å². The van der Waals surface area contributed by atoms with E-state index in [1.165, 1.54) is 0 Å². The number of aromatic nitrogens is 2. The van der Waals surface area contributed by atoms with E-state index in [0.29, 0.717) is 22.8 Å². The van der Waals surface area contributed by atoms with Crippen LogP contribution in [0.1, 0.15) is 19.4 Å². The molecule has 0 aliphatic heterocycles. The average molecular weight is 299 g/mol. The van der Waals surface area contributed by atoms with E-state index in [1.54, 1.807) is 25.3 Å². The average Bonchev–Trinajstić information content (AvgIpc) is 2.46. The molecular formula is C15H17N5O2. The zero-order valence-corrected chi connectivity index (χ0v) is 12.6. The van der Waals surface area contributed by atoms with Gasteiger partial charge in [0.05, 0.1) is 18.9 Å². The second kappa shape index (κ2) is 6.18. The maximum atomic E-state index is 9.24. The van der Waals surface area contributed by atoms with Gasteiger partial charge in [-0.1, -0.05) is 0 Å². The maximum absolute atomic E-state index is 9.24. The first-order chi connectivity index (χ1) is 10.5. The molecule has 114 valence electrons. The number of nitrogen functional groups attached to an aromatic ring is 2. The molecular weight excluding hydrogens is 282 g/mol. The summed E-state index contributed by atoms with van der Waals surface area (Å²) in [6, 6.07) is 7.24. The van der Waals surface area contributed by atoms with Gasteiger partial charge in [-0.15, -0.1) is 0 Å². The topological polar surface area (TPSA) is 120 Å². The molecule has 0 saturated carbocycles. The van der Waals surface area contributed by atoms with Crippen LogP contribution in [0.2, 0.25) is 0 Å². The molecule has 22 heavy (non-hydrogen) atoms. The molecule has 0 atom stereocenters. The lowest BCUT2D eigenvalue weighted by molar-refractivity contribution is 0.230. The Morgan fingerprint density at radius 3 is 2.50 bits per heavy atom. The van der Waals surface area contributed by atoms with Gasteiger partial charge in [0.25, 0.3) is 0 Å². The Morgan fingerprint density at radius 1 is 1.18 bits per heavy atom. The number of rotatable bonds is 4. The van der Waals surface area contributed by atoms with Crippen molar-refractivity contribution < 1.29 is 9.47 Å². The number of hydrogen-bond acceptors (Lipinski definition) is 7. The number of ether oxygens (including phenoxy) is 2. The van der Waals surface area contributed by atoms with Crippen LogP contribution in [-0.2, 0) is 0 Å². The van der Waals surface area contributed by atoms with Crippen LogP contribution in [0, 0.1) is 11.3 Å². The summed E-state index contributed by atoms with van der Waals surface area (Å²) in [5.74, 6) is 1.19. The smallest absolute Gasteiger partial charge is 0.222 e. The predicted molar refractivity (Wildman–Crippen MR) is 83.3 cm³/mol. The zero-order valence-electron chi connectivity index (χ0n) is 12.6. The normalized spacial score (nSPS) is 10.3. The quantitative estimate of drug-likeness (QED) is 0.885. The van der Waals surface area contributed by atoms with Gasteiger partial charge in [0, 0.05) is 5.56 Å². The molecule has 0 amide bonds. The highest BCUT2D eigenvalue weighted by atomic mass is 16.5. The standard InChI is InChI=1S/C15H17N5O2/c1-8(2)22-11-5-4-9(6-12(11)21-3)13-10(7-16)14(17)20-15(18)19-13/h4-6,8H,1-3H3,(H4,17,18,19,20). The molecule has 7 nitrogen and oxygen atoms in total. The highest BCUT2D eigenvalue weighted by Crippen LogP contribution is 2.34. The minimum absolute atomic E-state index is 0.00738. The lowest BCUT2D eigenvalue weighted by Gasteiger charge is -2.15. The number of nitrogens with two attached hydrogens (primary N) is 2. The summed E-state index contributed by atoms with van der Waals surface area (Å²) in [6.45, 7) is 3.85. The lowest BCUT2D eigenvalue weighted by atomic mass is 10.1. The molecule has 1 heterocycles. The zero-order chi connectivity index (χ0) is 16.3. The summed E-state index contributed by atoms with van der Waals surface area (Å²) >= 11 is 0. The monoisotopic (exact) mass is 299 g/mol. The minimum Gasteiger partial charge on any atom is -0.493 e. The predicted octanol–water partition coefficient (Wildman–Crippen LogP) is 1.98. The van der Waals surface area contributed by atoms with Crippen molar-refractivity contribution in [2.45, 2.75) is 20.0 Å². The van der Waals surface area contributed by atoms with Crippen LogP contribution in [0.5, 0.6) is 11.5 Å². The Hall–Kier alpha value is -3.01. The number of nitrogens with zero attached hydrogens (tertiary/aromatic N) is 3. The molecule has 0 radical (unpaired) electrons. The van der Waals surface area contributed by atoms with Crippen molar-refractivity contribution in [3.8, 4) is 28.8 Å². The molecule has 2 rings (SSSR count). The molecule has 0 bridgehead atoms. The highest BCUT2D eigenvalue weighted by molar-refractivity contribution is 5.74. The van der Waals surface area contributed by atoms with Crippen LogP contribution < -0.4 is 20.9 Å². The van der Waals surface area contributed by atoms with Crippen LogP contribution >= 0.6 is 0 Å². The molecule has 0 spiro atoms. The fourth-order valence-corrected chi connectivity index (χ4v) is 1.98. The van der Waals surface area contributed by atoms with E-state index in [0.717, 1.165) is 0 Å². The third kappa shape index (κ3) is 3.01. The van der Waals surface area contributed by atoms with E-state index < -0.39 is 0 Å². The van der Waals surface area contributed by atoms with Gasteiger partial charge < -0.3 is 20.9 Å². The Balaban J connectivity index is 2.57. The molecule has 2 aromatic rings. The first-order valence-corrected chi connectivity index (χ1v) is 6.64. The molecule has 0 aliphatic rings. The molecule has 4 N–H and O–H groups in total. The summed E-state index contributed by atoms with van der Waals surface area (Å²) in [5.41, 5.74) is 12.5. The van der Waals surface area contributed by atoms with Crippen molar-refractivity contribution in [1.29, 1.82) is 5.26 Å². The van der Waals surface area contributed by atoms with E-state index in [2.05, 4.69) is 9.97 Å². The van der Waals surface area contributed by atoms with E-state index in [9.17, 15) is 5.26 Å². The first-order valence-electron chi connectivity index (χ1n) is 6.64. The van der Waals surface area contributed by atoms with Gasteiger partial charge in [-0.3, -0.25) is 0 Å². The number of anilines is 2. The Labute approximate surface area is 128 Å². The van der Waals surface area contributed by atoms with Gasteiger partial charge in [0.2, 0.25) is 5.95 Å². The summed E-state index contributed by atoms with van der Waals surface area (Å²) in [7, 11) is 1.54. The molecule has 0 saturated heterocycles. The summed E-state index contributed by atoms with van der Waals surface area (Å²) < 4.78 is 11.0. The fraction of sp³-hybridized carbons (Fsp3) is 0.267. The van der Waals surface area contributed by atoms with Gasteiger partial charge in [0.1, 0.15) is 17.5 Å². The lowest BCUT2D eigenvalue weighted by Crippen LogP contribution is -2.07. The van der Waals surface area contributed by atoms with E-state index >= 15 is 0 Å². The second-order valence-corrected chi connectivity index (χ2v) is 4.83.